The van der Waals surface area contributed by atoms with Crippen molar-refractivity contribution < 1.29 is 14.3 Å². The Morgan fingerprint density at radius 2 is 1.89 bits per heavy atom. The Hall–Kier alpha value is -2.51. The first-order valence-electron chi connectivity index (χ1n) is 9.33. The van der Waals surface area contributed by atoms with Crippen molar-refractivity contribution in [3.05, 3.63) is 47.8 Å². The molecular formula is C20H26N4O3. The van der Waals surface area contributed by atoms with Gasteiger partial charge in [-0.2, -0.15) is 0 Å². The molecule has 0 saturated carbocycles. The minimum atomic E-state index is -0.0957. The molecule has 0 unspecified atom stereocenters. The number of carbonyl (C=O) groups excluding carboxylic acids is 1. The number of piperazine rings is 1. The van der Waals surface area contributed by atoms with Gasteiger partial charge in [0.05, 0.1) is 6.04 Å². The standard InChI is InChI=1S/C20H26N4O3/c1-22-8-10-24(11-9-22)17(16-4-3-7-23(16)2)13-21-20(25)15-5-6-18-19(12-15)27-14-26-18/h3-7,12,17H,8-11,13-14H2,1-2H3,(H,21,25)/t17-/m0/s1. The molecule has 1 fully saturated rings. The number of rotatable bonds is 5. The lowest BCUT2D eigenvalue weighted by Gasteiger charge is -2.38. The number of aryl methyl sites for hydroxylation is 1. The molecule has 1 N–H and O–H groups in total. The first kappa shape index (κ1) is 17.9. The van der Waals surface area contributed by atoms with Crippen molar-refractivity contribution in [3.8, 4) is 11.5 Å². The van der Waals surface area contributed by atoms with Crippen LogP contribution in [-0.4, -0.2) is 66.8 Å². The summed E-state index contributed by atoms with van der Waals surface area (Å²) in [6.07, 6.45) is 2.05. The largest absolute Gasteiger partial charge is 0.454 e. The normalized spacial score (nSPS) is 18.4. The predicted octanol–water partition coefficient (Wildman–Crippen LogP) is 1.47. The van der Waals surface area contributed by atoms with Crippen LogP contribution in [0.15, 0.2) is 36.5 Å². The van der Waals surface area contributed by atoms with E-state index < -0.39 is 0 Å². The van der Waals surface area contributed by atoms with E-state index in [1.165, 1.54) is 5.69 Å². The summed E-state index contributed by atoms with van der Waals surface area (Å²) in [7, 11) is 4.20. The lowest BCUT2D eigenvalue weighted by atomic mass is 10.1. The molecule has 2 aromatic rings. The second-order valence-electron chi connectivity index (χ2n) is 7.18. The van der Waals surface area contributed by atoms with Crippen LogP contribution in [-0.2, 0) is 7.05 Å². The predicted molar refractivity (Wildman–Crippen MR) is 102 cm³/mol. The van der Waals surface area contributed by atoms with Gasteiger partial charge in [-0.15, -0.1) is 0 Å². The zero-order valence-electron chi connectivity index (χ0n) is 15.9. The molecule has 1 aromatic heterocycles. The first-order valence-corrected chi connectivity index (χ1v) is 9.33. The molecule has 2 aliphatic heterocycles. The highest BCUT2D eigenvalue weighted by Gasteiger charge is 2.26. The van der Waals surface area contributed by atoms with Gasteiger partial charge in [0.1, 0.15) is 0 Å². The fourth-order valence-corrected chi connectivity index (χ4v) is 3.70. The number of ether oxygens (including phenoxy) is 2. The second-order valence-corrected chi connectivity index (χ2v) is 7.18. The summed E-state index contributed by atoms with van der Waals surface area (Å²) >= 11 is 0. The number of likely N-dealkylation sites (N-methyl/N-ethyl adjacent to an activating group) is 1. The molecule has 0 aliphatic carbocycles. The van der Waals surface area contributed by atoms with Gasteiger partial charge >= 0.3 is 0 Å². The van der Waals surface area contributed by atoms with Crippen LogP contribution in [0.1, 0.15) is 22.1 Å². The van der Waals surface area contributed by atoms with Crippen molar-refractivity contribution in [1.29, 1.82) is 0 Å². The Morgan fingerprint density at radius 3 is 2.63 bits per heavy atom. The first-order chi connectivity index (χ1) is 13.1. The highest BCUT2D eigenvalue weighted by Crippen LogP contribution is 2.32. The summed E-state index contributed by atoms with van der Waals surface area (Å²) in [5, 5.41) is 3.11. The third-order valence-electron chi connectivity index (χ3n) is 5.39. The van der Waals surface area contributed by atoms with Crippen molar-refractivity contribution in [2.75, 3.05) is 46.6 Å². The van der Waals surface area contributed by atoms with Gasteiger partial charge < -0.3 is 24.3 Å². The molecule has 1 saturated heterocycles. The van der Waals surface area contributed by atoms with E-state index in [4.69, 9.17) is 9.47 Å². The zero-order chi connectivity index (χ0) is 18.8. The number of amides is 1. The van der Waals surface area contributed by atoms with Gasteiger partial charge in [-0.25, -0.2) is 0 Å². The van der Waals surface area contributed by atoms with E-state index in [1.807, 2.05) is 0 Å². The van der Waals surface area contributed by atoms with Crippen LogP contribution in [0.25, 0.3) is 0 Å². The summed E-state index contributed by atoms with van der Waals surface area (Å²) in [6, 6.07) is 9.64. The van der Waals surface area contributed by atoms with Gasteiger partial charge in [0, 0.05) is 57.2 Å². The monoisotopic (exact) mass is 370 g/mol. The van der Waals surface area contributed by atoms with E-state index in [-0.39, 0.29) is 18.7 Å². The summed E-state index contributed by atoms with van der Waals surface area (Å²) < 4.78 is 12.8. The third kappa shape index (κ3) is 3.79. The highest BCUT2D eigenvalue weighted by atomic mass is 16.7. The van der Waals surface area contributed by atoms with E-state index in [0.717, 1.165) is 26.2 Å². The number of benzene rings is 1. The maximum absolute atomic E-state index is 12.7. The summed E-state index contributed by atoms with van der Waals surface area (Å²) in [4.78, 5) is 17.5. The minimum absolute atomic E-state index is 0.0957. The topological polar surface area (TPSA) is 59.0 Å². The Kier molecular flexibility index (Phi) is 5.05. The molecule has 144 valence electrons. The van der Waals surface area contributed by atoms with E-state index in [2.05, 4.69) is 52.1 Å². The zero-order valence-corrected chi connectivity index (χ0v) is 15.9. The van der Waals surface area contributed by atoms with Crippen molar-refractivity contribution >= 4 is 5.91 Å². The van der Waals surface area contributed by atoms with Crippen molar-refractivity contribution in [1.82, 2.24) is 19.7 Å². The van der Waals surface area contributed by atoms with Crippen LogP contribution in [0, 0.1) is 0 Å². The average molecular weight is 370 g/mol. The molecule has 3 heterocycles. The van der Waals surface area contributed by atoms with E-state index in [0.29, 0.717) is 23.6 Å². The number of aromatic nitrogens is 1. The third-order valence-corrected chi connectivity index (χ3v) is 5.39. The lowest BCUT2D eigenvalue weighted by Crippen LogP contribution is -2.48. The maximum atomic E-state index is 12.7. The van der Waals surface area contributed by atoms with Crippen molar-refractivity contribution in [2.24, 2.45) is 7.05 Å². The molecule has 2 aliphatic rings. The van der Waals surface area contributed by atoms with Gasteiger partial charge in [-0.1, -0.05) is 0 Å². The summed E-state index contributed by atoms with van der Waals surface area (Å²) in [6.45, 7) is 4.83. The Morgan fingerprint density at radius 1 is 1.11 bits per heavy atom. The van der Waals surface area contributed by atoms with E-state index in [9.17, 15) is 4.79 Å². The number of nitrogens with zero attached hydrogens (tertiary/aromatic N) is 3. The molecule has 1 atom stereocenters. The molecular weight excluding hydrogens is 344 g/mol. The fraction of sp³-hybridized carbons (Fsp3) is 0.450. The SMILES string of the molecule is CN1CCN([C@@H](CNC(=O)c2ccc3c(c2)OCO3)c2cccn2C)CC1. The fourth-order valence-electron chi connectivity index (χ4n) is 3.70. The molecule has 0 spiro atoms. The molecule has 27 heavy (non-hydrogen) atoms. The summed E-state index contributed by atoms with van der Waals surface area (Å²) in [5.41, 5.74) is 1.80. The lowest BCUT2D eigenvalue weighted by molar-refractivity contribution is 0.0877. The van der Waals surface area contributed by atoms with Crippen LogP contribution in [0.3, 0.4) is 0 Å². The number of hydrogen-bond donors (Lipinski definition) is 1. The molecule has 7 heteroatoms. The number of fused-ring (bicyclic) bond motifs is 1. The maximum Gasteiger partial charge on any atom is 0.251 e. The Labute approximate surface area is 159 Å². The van der Waals surface area contributed by atoms with Crippen molar-refractivity contribution in [2.45, 2.75) is 6.04 Å². The van der Waals surface area contributed by atoms with E-state index >= 15 is 0 Å². The summed E-state index contributed by atoms with van der Waals surface area (Å²) in [5.74, 6) is 1.22. The number of carbonyl (C=O) groups is 1. The van der Waals surface area contributed by atoms with Crippen LogP contribution in [0.5, 0.6) is 11.5 Å². The molecule has 4 rings (SSSR count). The molecule has 1 amide bonds. The van der Waals surface area contributed by atoms with E-state index in [1.54, 1.807) is 18.2 Å². The van der Waals surface area contributed by atoms with Gasteiger partial charge in [-0.05, 0) is 37.4 Å². The van der Waals surface area contributed by atoms with Crippen LogP contribution in [0.4, 0.5) is 0 Å². The quantitative estimate of drug-likeness (QED) is 0.864. The number of nitrogens with one attached hydrogen (secondary N) is 1. The molecule has 0 bridgehead atoms. The highest BCUT2D eigenvalue weighted by molar-refractivity contribution is 5.94. The van der Waals surface area contributed by atoms with Crippen LogP contribution < -0.4 is 14.8 Å². The van der Waals surface area contributed by atoms with Crippen LogP contribution >= 0.6 is 0 Å². The van der Waals surface area contributed by atoms with Gasteiger partial charge in [0.2, 0.25) is 6.79 Å². The number of hydrogen-bond acceptors (Lipinski definition) is 5. The van der Waals surface area contributed by atoms with Crippen molar-refractivity contribution in [3.63, 3.8) is 0 Å². The van der Waals surface area contributed by atoms with Crippen LogP contribution in [0.2, 0.25) is 0 Å². The average Bonchev–Trinajstić information content (AvgIpc) is 3.31. The molecule has 7 nitrogen and oxygen atoms in total. The minimum Gasteiger partial charge on any atom is -0.454 e. The van der Waals surface area contributed by atoms with Gasteiger partial charge in [0.25, 0.3) is 5.91 Å². The Balaban J connectivity index is 1.47. The molecule has 1 aromatic carbocycles. The second kappa shape index (κ2) is 7.62. The smallest absolute Gasteiger partial charge is 0.251 e. The van der Waals surface area contributed by atoms with Gasteiger partial charge in [-0.3, -0.25) is 9.69 Å². The van der Waals surface area contributed by atoms with Gasteiger partial charge in [0.15, 0.2) is 11.5 Å². The molecule has 0 radical (unpaired) electrons. The Bertz CT molecular complexity index is 811.